The highest BCUT2D eigenvalue weighted by molar-refractivity contribution is 7.99. The second-order valence-electron chi connectivity index (χ2n) is 3.79. The van der Waals surface area contributed by atoms with E-state index in [0.717, 1.165) is 12.1 Å². The fourth-order valence-electron chi connectivity index (χ4n) is 1.52. The molecule has 0 fully saturated rings. The zero-order chi connectivity index (χ0) is 11.4. The van der Waals surface area contributed by atoms with E-state index in [1.165, 1.54) is 16.8 Å². The van der Waals surface area contributed by atoms with Crippen LogP contribution >= 0.6 is 23.3 Å². The molecule has 1 aromatic heterocycles. The molecule has 0 bridgehead atoms. The summed E-state index contributed by atoms with van der Waals surface area (Å²) in [7, 11) is 0. The molecule has 1 heterocycles. The summed E-state index contributed by atoms with van der Waals surface area (Å²) < 4.78 is 4.41. The van der Waals surface area contributed by atoms with Gasteiger partial charge in [0.1, 0.15) is 5.00 Å². The summed E-state index contributed by atoms with van der Waals surface area (Å²) in [5.74, 6) is 0. The highest BCUT2D eigenvalue weighted by atomic mass is 32.2. The first kappa shape index (κ1) is 11.7. The lowest BCUT2D eigenvalue weighted by atomic mass is 10.2. The normalized spacial score (nSPS) is 12.9. The number of fused-ring (bicyclic) bond motifs is 1. The van der Waals surface area contributed by atoms with Crippen LogP contribution in [0, 0.1) is 0 Å². The molecule has 0 spiro atoms. The van der Waals surface area contributed by atoms with E-state index >= 15 is 0 Å². The van der Waals surface area contributed by atoms with E-state index in [1.807, 2.05) is 17.8 Å². The minimum absolute atomic E-state index is 0.715. The topological polar surface area (TPSA) is 24.9 Å². The van der Waals surface area contributed by atoms with Crippen molar-refractivity contribution in [2.75, 3.05) is 18.1 Å². The summed E-state index contributed by atoms with van der Waals surface area (Å²) in [4.78, 5) is 0. The molecule has 1 atom stereocenters. The van der Waals surface area contributed by atoms with Crippen LogP contribution in [0.25, 0.3) is 10.9 Å². The molecule has 0 radical (unpaired) electrons. The van der Waals surface area contributed by atoms with Crippen molar-refractivity contribution in [3.05, 3.63) is 24.3 Å². The Bertz CT molecular complexity index is 453. The van der Waals surface area contributed by atoms with Crippen molar-refractivity contribution < 1.29 is 0 Å². The van der Waals surface area contributed by atoms with Crippen LogP contribution in [0.5, 0.6) is 0 Å². The molecule has 1 aromatic carbocycles. The van der Waals surface area contributed by atoms with Gasteiger partial charge in [-0.25, -0.2) is 0 Å². The summed E-state index contributed by atoms with van der Waals surface area (Å²) in [6, 6.07) is 8.27. The summed E-state index contributed by atoms with van der Waals surface area (Å²) in [5, 5.41) is 6.63. The molecule has 0 saturated heterocycles. The Labute approximate surface area is 105 Å². The Balaban J connectivity index is 1.99. The van der Waals surface area contributed by atoms with Crippen LogP contribution in [0.1, 0.15) is 13.3 Å². The van der Waals surface area contributed by atoms with Gasteiger partial charge < -0.3 is 5.32 Å². The second-order valence-corrected chi connectivity index (χ2v) is 5.84. The molecule has 0 saturated carbocycles. The Morgan fingerprint density at radius 2 is 2.25 bits per heavy atom. The van der Waals surface area contributed by atoms with Crippen LogP contribution < -0.4 is 5.32 Å². The summed E-state index contributed by atoms with van der Waals surface area (Å²) in [5.41, 5.74) is 1.09. The quantitative estimate of drug-likeness (QED) is 0.875. The van der Waals surface area contributed by atoms with Crippen molar-refractivity contribution in [2.45, 2.75) is 18.6 Å². The van der Waals surface area contributed by atoms with Crippen LogP contribution in [0.15, 0.2) is 24.3 Å². The maximum absolute atomic E-state index is 4.41. The van der Waals surface area contributed by atoms with Crippen molar-refractivity contribution >= 4 is 39.2 Å². The predicted octanol–water partition coefficient (Wildman–Crippen LogP) is 3.85. The molecule has 0 aliphatic carbocycles. The van der Waals surface area contributed by atoms with Crippen LogP contribution in [0.4, 0.5) is 5.00 Å². The fourth-order valence-corrected chi connectivity index (χ4v) is 2.66. The zero-order valence-electron chi connectivity index (χ0n) is 9.56. The molecule has 16 heavy (non-hydrogen) atoms. The number of thioether (sulfide) groups is 1. The van der Waals surface area contributed by atoms with E-state index < -0.39 is 0 Å². The van der Waals surface area contributed by atoms with E-state index in [-0.39, 0.29) is 0 Å². The van der Waals surface area contributed by atoms with Gasteiger partial charge in [-0.15, -0.1) is 0 Å². The van der Waals surface area contributed by atoms with E-state index in [4.69, 9.17) is 0 Å². The number of anilines is 1. The largest absolute Gasteiger partial charge is 0.375 e. The first-order valence-corrected chi connectivity index (χ1v) is 7.48. The molecule has 86 valence electrons. The van der Waals surface area contributed by atoms with E-state index in [2.05, 4.69) is 41.1 Å². The third-order valence-electron chi connectivity index (χ3n) is 2.62. The fraction of sp³-hybridized carbons (Fsp3) is 0.417. The highest BCUT2D eigenvalue weighted by Gasteiger charge is 2.05. The molecule has 2 rings (SSSR count). The van der Waals surface area contributed by atoms with Gasteiger partial charge in [-0.05, 0) is 36.3 Å². The standard InChI is InChI=1S/C12H16N2S2/c1-9(15-2)7-8-13-12-10-5-3-4-6-11(10)14-16-12/h3-6,9,13H,7-8H2,1-2H3. The molecule has 2 aromatic rings. The SMILES string of the molecule is CSC(C)CCNc1snc2ccccc12. The van der Waals surface area contributed by atoms with E-state index in [9.17, 15) is 0 Å². The number of rotatable bonds is 5. The molecule has 2 nitrogen and oxygen atoms in total. The lowest BCUT2D eigenvalue weighted by Gasteiger charge is -2.08. The smallest absolute Gasteiger partial charge is 0.117 e. The average Bonchev–Trinajstić information content (AvgIpc) is 2.73. The molecular formula is C12H16N2S2. The molecule has 0 aliphatic heterocycles. The van der Waals surface area contributed by atoms with Crippen molar-refractivity contribution in [1.82, 2.24) is 4.37 Å². The average molecular weight is 252 g/mol. The monoisotopic (exact) mass is 252 g/mol. The van der Waals surface area contributed by atoms with Gasteiger partial charge in [0.15, 0.2) is 0 Å². The third-order valence-corrected chi connectivity index (χ3v) is 4.50. The maximum atomic E-state index is 4.41. The van der Waals surface area contributed by atoms with Gasteiger partial charge in [-0.2, -0.15) is 16.1 Å². The number of nitrogens with zero attached hydrogens (tertiary/aromatic N) is 1. The lowest BCUT2D eigenvalue weighted by molar-refractivity contribution is 0.856. The Kier molecular flexibility index (Phi) is 4.07. The lowest BCUT2D eigenvalue weighted by Crippen LogP contribution is -2.06. The second kappa shape index (κ2) is 5.55. The molecule has 1 N–H and O–H groups in total. The number of benzene rings is 1. The third kappa shape index (κ3) is 2.68. The molecular weight excluding hydrogens is 236 g/mol. The van der Waals surface area contributed by atoms with Crippen molar-refractivity contribution in [3.63, 3.8) is 0 Å². The zero-order valence-corrected chi connectivity index (χ0v) is 11.2. The summed E-state index contributed by atoms with van der Waals surface area (Å²) >= 11 is 3.47. The van der Waals surface area contributed by atoms with Gasteiger partial charge in [0.05, 0.1) is 5.52 Å². The predicted molar refractivity (Wildman–Crippen MR) is 75.7 cm³/mol. The molecule has 0 aliphatic rings. The van der Waals surface area contributed by atoms with Crippen LogP contribution in [0.2, 0.25) is 0 Å². The Hall–Kier alpha value is -0.740. The molecule has 0 amide bonds. The molecule has 4 heteroatoms. The summed E-state index contributed by atoms with van der Waals surface area (Å²) in [6.07, 6.45) is 3.35. The first-order chi connectivity index (χ1) is 7.81. The van der Waals surface area contributed by atoms with Gasteiger partial charge in [0.25, 0.3) is 0 Å². The van der Waals surface area contributed by atoms with E-state index in [0.29, 0.717) is 5.25 Å². The van der Waals surface area contributed by atoms with E-state index in [1.54, 1.807) is 11.5 Å². The van der Waals surface area contributed by atoms with Crippen molar-refractivity contribution in [3.8, 4) is 0 Å². The van der Waals surface area contributed by atoms with Crippen LogP contribution in [-0.4, -0.2) is 22.4 Å². The van der Waals surface area contributed by atoms with Crippen LogP contribution in [0.3, 0.4) is 0 Å². The van der Waals surface area contributed by atoms with Gasteiger partial charge in [-0.3, -0.25) is 0 Å². The van der Waals surface area contributed by atoms with Gasteiger partial charge in [0, 0.05) is 17.2 Å². The number of aromatic nitrogens is 1. The summed E-state index contributed by atoms with van der Waals surface area (Å²) in [6.45, 7) is 3.28. The van der Waals surface area contributed by atoms with Crippen molar-refractivity contribution in [1.29, 1.82) is 0 Å². The number of hydrogen-bond donors (Lipinski definition) is 1. The van der Waals surface area contributed by atoms with Gasteiger partial charge in [0.2, 0.25) is 0 Å². The highest BCUT2D eigenvalue weighted by Crippen LogP contribution is 2.27. The van der Waals surface area contributed by atoms with Gasteiger partial charge >= 0.3 is 0 Å². The minimum atomic E-state index is 0.715. The maximum Gasteiger partial charge on any atom is 0.117 e. The Morgan fingerprint density at radius 1 is 1.44 bits per heavy atom. The first-order valence-electron chi connectivity index (χ1n) is 5.42. The molecule has 1 unspecified atom stereocenters. The van der Waals surface area contributed by atoms with Crippen molar-refractivity contribution in [2.24, 2.45) is 0 Å². The van der Waals surface area contributed by atoms with Gasteiger partial charge in [-0.1, -0.05) is 19.1 Å². The number of nitrogens with one attached hydrogen (secondary N) is 1. The Morgan fingerprint density at radius 3 is 3.06 bits per heavy atom. The number of hydrogen-bond acceptors (Lipinski definition) is 4. The minimum Gasteiger partial charge on any atom is -0.375 e. The van der Waals surface area contributed by atoms with Crippen LogP contribution in [-0.2, 0) is 0 Å².